The fourth-order valence-corrected chi connectivity index (χ4v) is 2.98. The van der Waals surface area contributed by atoms with Crippen molar-refractivity contribution in [3.05, 3.63) is 24.0 Å². The van der Waals surface area contributed by atoms with Gasteiger partial charge in [0, 0.05) is 12.2 Å². The van der Waals surface area contributed by atoms with Gasteiger partial charge in [-0.3, -0.25) is 9.69 Å². The van der Waals surface area contributed by atoms with Gasteiger partial charge in [-0.15, -0.1) is 0 Å². The highest BCUT2D eigenvalue weighted by atomic mass is 19.1. The van der Waals surface area contributed by atoms with E-state index in [1.807, 2.05) is 27.7 Å². The van der Waals surface area contributed by atoms with Crippen LogP contribution in [0.3, 0.4) is 0 Å². The van der Waals surface area contributed by atoms with E-state index in [1.54, 1.807) is 15.9 Å². The summed E-state index contributed by atoms with van der Waals surface area (Å²) in [4.78, 5) is 27.2. The monoisotopic (exact) mass is 338 g/mol. The SMILES string of the molecule is C=C1CN(C(=O)OC(C)(C)C)C(C2CC2)CN1/C(=C\CC)C(=O)F. The van der Waals surface area contributed by atoms with Gasteiger partial charge in [0.25, 0.3) is 0 Å². The maximum Gasteiger partial charge on any atom is 0.410 e. The van der Waals surface area contributed by atoms with E-state index in [4.69, 9.17) is 4.74 Å². The lowest BCUT2D eigenvalue weighted by Crippen LogP contribution is -2.55. The van der Waals surface area contributed by atoms with Crippen LogP contribution in [0.4, 0.5) is 9.18 Å². The van der Waals surface area contributed by atoms with Gasteiger partial charge in [-0.05, 0) is 46.0 Å². The Bertz CT molecular complexity index is 561. The zero-order valence-corrected chi connectivity index (χ0v) is 15.0. The summed E-state index contributed by atoms with van der Waals surface area (Å²) in [5, 5.41) is 0. The molecule has 0 bridgehead atoms. The molecule has 2 fully saturated rings. The summed E-state index contributed by atoms with van der Waals surface area (Å²) in [6, 6.07) is -1.55. The normalized spacial score (nSPS) is 22.6. The largest absolute Gasteiger partial charge is 0.444 e. The maximum absolute atomic E-state index is 13.4. The van der Waals surface area contributed by atoms with E-state index in [9.17, 15) is 14.0 Å². The van der Waals surface area contributed by atoms with Crippen LogP contribution in [0.25, 0.3) is 0 Å². The minimum atomic E-state index is -1.46. The van der Waals surface area contributed by atoms with Crippen LogP contribution in [0.2, 0.25) is 0 Å². The number of ether oxygens (including phenoxy) is 1. The van der Waals surface area contributed by atoms with Crippen LogP contribution in [0.5, 0.6) is 0 Å². The van der Waals surface area contributed by atoms with Crippen LogP contribution in [0, 0.1) is 5.92 Å². The summed E-state index contributed by atoms with van der Waals surface area (Å²) in [7, 11) is 0. The number of hydrogen-bond donors (Lipinski definition) is 0. The van der Waals surface area contributed by atoms with Crippen molar-refractivity contribution in [1.82, 2.24) is 9.80 Å². The van der Waals surface area contributed by atoms with Crippen molar-refractivity contribution in [3.63, 3.8) is 0 Å². The lowest BCUT2D eigenvalue weighted by molar-refractivity contribution is -0.127. The van der Waals surface area contributed by atoms with Gasteiger partial charge in [0.1, 0.15) is 11.3 Å². The van der Waals surface area contributed by atoms with Crippen LogP contribution >= 0.6 is 0 Å². The Labute approximate surface area is 143 Å². The predicted octanol–water partition coefficient (Wildman–Crippen LogP) is 3.62. The summed E-state index contributed by atoms with van der Waals surface area (Å²) in [6.45, 7) is 11.9. The first-order valence-electron chi connectivity index (χ1n) is 8.49. The van der Waals surface area contributed by atoms with Crippen LogP contribution in [0.15, 0.2) is 24.0 Å². The van der Waals surface area contributed by atoms with Gasteiger partial charge in [-0.1, -0.05) is 19.6 Å². The molecule has 1 aliphatic heterocycles. The van der Waals surface area contributed by atoms with Crippen LogP contribution < -0.4 is 0 Å². The molecule has 1 saturated heterocycles. The number of piperazine rings is 1. The first-order valence-corrected chi connectivity index (χ1v) is 8.49. The molecular weight excluding hydrogens is 311 g/mol. The first-order chi connectivity index (χ1) is 11.1. The van der Waals surface area contributed by atoms with Gasteiger partial charge >= 0.3 is 12.1 Å². The fraction of sp³-hybridized carbons (Fsp3) is 0.667. The van der Waals surface area contributed by atoms with Gasteiger partial charge in [0.15, 0.2) is 0 Å². The topological polar surface area (TPSA) is 49.9 Å². The Morgan fingerprint density at radius 3 is 2.46 bits per heavy atom. The number of allylic oxidation sites excluding steroid dienone is 2. The van der Waals surface area contributed by atoms with Gasteiger partial charge in [0.05, 0.1) is 12.6 Å². The first kappa shape index (κ1) is 18.5. The van der Waals surface area contributed by atoms with E-state index >= 15 is 0 Å². The second kappa shape index (κ2) is 6.95. The van der Waals surface area contributed by atoms with Gasteiger partial charge in [-0.25, -0.2) is 4.79 Å². The van der Waals surface area contributed by atoms with E-state index in [1.165, 1.54) is 0 Å². The molecule has 0 aromatic rings. The molecule has 1 heterocycles. The molecule has 0 aromatic carbocycles. The van der Waals surface area contributed by atoms with E-state index in [2.05, 4.69) is 6.58 Å². The number of rotatable bonds is 4. The molecule has 0 N–H and O–H groups in total. The molecule has 1 atom stereocenters. The molecule has 24 heavy (non-hydrogen) atoms. The average molecular weight is 338 g/mol. The molecule has 1 saturated carbocycles. The molecular formula is C18H27FN2O3. The summed E-state index contributed by atoms with van der Waals surface area (Å²) < 4.78 is 18.9. The highest BCUT2D eigenvalue weighted by molar-refractivity contribution is 5.87. The highest BCUT2D eigenvalue weighted by Gasteiger charge is 2.44. The molecule has 6 heteroatoms. The molecule has 1 aliphatic carbocycles. The number of halogens is 1. The third-order valence-electron chi connectivity index (χ3n) is 4.19. The van der Waals surface area contributed by atoms with Crippen LogP contribution in [-0.2, 0) is 9.53 Å². The Morgan fingerprint density at radius 1 is 1.38 bits per heavy atom. The second-order valence-corrected chi connectivity index (χ2v) is 7.46. The maximum atomic E-state index is 13.4. The lowest BCUT2D eigenvalue weighted by Gasteiger charge is -2.44. The van der Waals surface area contributed by atoms with Crippen molar-refractivity contribution in [2.75, 3.05) is 13.1 Å². The van der Waals surface area contributed by atoms with Gasteiger partial charge in [0.2, 0.25) is 0 Å². The number of nitrogens with zero attached hydrogens (tertiary/aromatic N) is 2. The van der Waals surface area contributed by atoms with Crippen molar-refractivity contribution in [2.24, 2.45) is 5.92 Å². The molecule has 0 spiro atoms. The number of amides is 1. The van der Waals surface area contributed by atoms with Crippen molar-refractivity contribution < 1.29 is 18.7 Å². The standard InChI is InChI=1S/C18H27FN2O3/c1-6-7-14(16(19)22)20-11-15(13-8-9-13)21(10-12(20)2)17(23)24-18(3,4)5/h7,13,15H,2,6,8-11H2,1,3-5H3/b14-7-. The Morgan fingerprint density at radius 2 is 2.00 bits per heavy atom. The van der Waals surface area contributed by atoms with E-state index in [0.29, 0.717) is 24.6 Å². The van der Waals surface area contributed by atoms with E-state index in [-0.39, 0.29) is 24.4 Å². The molecule has 2 rings (SSSR count). The van der Waals surface area contributed by atoms with Gasteiger partial charge < -0.3 is 9.64 Å². The second-order valence-electron chi connectivity index (χ2n) is 7.46. The average Bonchev–Trinajstić information content (AvgIpc) is 3.27. The zero-order valence-electron chi connectivity index (χ0n) is 15.0. The van der Waals surface area contributed by atoms with Crippen molar-refractivity contribution in [3.8, 4) is 0 Å². The van der Waals surface area contributed by atoms with Crippen molar-refractivity contribution in [2.45, 2.75) is 58.6 Å². The third kappa shape index (κ3) is 4.36. The predicted molar refractivity (Wildman–Crippen MR) is 89.8 cm³/mol. The van der Waals surface area contributed by atoms with E-state index < -0.39 is 11.6 Å². The molecule has 134 valence electrons. The smallest absolute Gasteiger partial charge is 0.410 e. The molecule has 0 aromatic heterocycles. The number of hydrogen-bond acceptors (Lipinski definition) is 4. The quantitative estimate of drug-likeness (QED) is 0.580. The summed E-state index contributed by atoms with van der Waals surface area (Å²) in [5.74, 6) is 0.366. The molecule has 1 amide bonds. The Kier molecular flexibility index (Phi) is 5.35. The summed E-state index contributed by atoms with van der Waals surface area (Å²) in [5.41, 5.74) is -0.0216. The number of carbonyl (C=O) groups is 2. The van der Waals surface area contributed by atoms with Crippen LogP contribution in [-0.4, -0.2) is 46.7 Å². The highest BCUT2D eigenvalue weighted by Crippen LogP contribution is 2.39. The Balaban J connectivity index is 2.21. The summed E-state index contributed by atoms with van der Waals surface area (Å²) >= 11 is 0. The van der Waals surface area contributed by atoms with Crippen molar-refractivity contribution >= 4 is 12.1 Å². The molecule has 2 aliphatic rings. The zero-order chi connectivity index (χ0) is 18.1. The summed E-state index contributed by atoms with van der Waals surface area (Å²) in [6.07, 6.45) is 3.80. The lowest BCUT2D eigenvalue weighted by atomic mass is 10.0. The molecule has 5 nitrogen and oxygen atoms in total. The fourth-order valence-electron chi connectivity index (χ4n) is 2.98. The van der Waals surface area contributed by atoms with Crippen molar-refractivity contribution in [1.29, 1.82) is 0 Å². The van der Waals surface area contributed by atoms with Gasteiger partial charge in [-0.2, -0.15) is 4.39 Å². The molecule has 0 radical (unpaired) electrons. The Hall–Kier alpha value is -1.85. The minimum absolute atomic E-state index is 0.0250. The van der Waals surface area contributed by atoms with Crippen LogP contribution in [0.1, 0.15) is 47.0 Å². The molecule has 1 unspecified atom stereocenters. The third-order valence-corrected chi connectivity index (χ3v) is 4.19. The number of carbonyl (C=O) groups excluding carboxylic acids is 2. The minimum Gasteiger partial charge on any atom is -0.444 e. The van der Waals surface area contributed by atoms with E-state index in [0.717, 1.165) is 12.8 Å².